The van der Waals surface area contributed by atoms with Gasteiger partial charge in [0.15, 0.2) is 5.65 Å². The number of nitrogens with one attached hydrogen (secondary N) is 1. The van der Waals surface area contributed by atoms with Crippen molar-refractivity contribution in [3.8, 4) is 5.69 Å². The molecule has 0 spiro atoms. The Kier molecular flexibility index (Phi) is 4.18. The molecule has 0 bridgehead atoms. The van der Waals surface area contributed by atoms with Gasteiger partial charge in [-0.2, -0.15) is 0 Å². The van der Waals surface area contributed by atoms with E-state index in [1.165, 1.54) is 0 Å². The minimum atomic E-state index is -0.214. The number of aromatic nitrogens is 3. The van der Waals surface area contributed by atoms with E-state index in [1.807, 2.05) is 31.2 Å². The largest absolute Gasteiger partial charge is 0.465 e. The molecule has 0 saturated carbocycles. The first-order chi connectivity index (χ1) is 12.6. The van der Waals surface area contributed by atoms with Crippen molar-refractivity contribution in [2.24, 2.45) is 0 Å². The summed E-state index contributed by atoms with van der Waals surface area (Å²) in [4.78, 5) is 21.1. The molecular weight excluding hydrogens is 352 g/mol. The maximum Gasteiger partial charge on any atom is 0.251 e. The Morgan fingerprint density at radius 3 is 2.92 bits per heavy atom. The van der Waals surface area contributed by atoms with Gasteiger partial charge in [-0.3, -0.25) is 9.36 Å². The van der Waals surface area contributed by atoms with Gasteiger partial charge in [0.2, 0.25) is 0 Å². The zero-order valence-electron chi connectivity index (χ0n) is 13.9. The summed E-state index contributed by atoms with van der Waals surface area (Å²) in [5, 5.41) is 3.35. The van der Waals surface area contributed by atoms with E-state index >= 15 is 0 Å². The molecule has 0 fully saturated rings. The number of benzene rings is 1. The second-order valence-corrected chi connectivity index (χ2v) is 6.23. The minimum absolute atomic E-state index is 0.214. The first kappa shape index (κ1) is 16.4. The van der Waals surface area contributed by atoms with Crippen molar-refractivity contribution in [1.82, 2.24) is 19.9 Å². The molecule has 3 heterocycles. The predicted octanol–water partition coefficient (Wildman–Crippen LogP) is 3.91. The third kappa shape index (κ3) is 3.07. The molecule has 1 amide bonds. The molecule has 0 saturated heterocycles. The Balaban J connectivity index is 1.62. The summed E-state index contributed by atoms with van der Waals surface area (Å²) in [5.41, 5.74) is 2.57. The lowest BCUT2D eigenvalue weighted by Gasteiger charge is -2.09. The van der Waals surface area contributed by atoms with E-state index in [-0.39, 0.29) is 5.91 Å². The molecule has 0 radical (unpaired) electrons. The maximum absolute atomic E-state index is 12.5. The lowest BCUT2D eigenvalue weighted by Crippen LogP contribution is -2.22. The number of aryl methyl sites for hydroxylation is 1. The first-order valence-electron chi connectivity index (χ1n) is 8.03. The highest BCUT2D eigenvalue weighted by atomic mass is 35.5. The van der Waals surface area contributed by atoms with Gasteiger partial charge in [0.05, 0.1) is 17.3 Å². The van der Waals surface area contributed by atoms with Gasteiger partial charge in [-0.25, -0.2) is 9.97 Å². The number of carbonyl (C=O) groups is 1. The molecular formula is C19H15ClN4O2. The summed E-state index contributed by atoms with van der Waals surface area (Å²) in [7, 11) is 0. The number of hydrogen-bond donors (Lipinski definition) is 1. The molecule has 26 heavy (non-hydrogen) atoms. The van der Waals surface area contributed by atoms with E-state index in [0.717, 1.165) is 11.3 Å². The fourth-order valence-corrected chi connectivity index (χ4v) is 2.92. The Morgan fingerprint density at radius 2 is 2.12 bits per heavy atom. The lowest BCUT2D eigenvalue weighted by molar-refractivity contribution is 0.0948. The summed E-state index contributed by atoms with van der Waals surface area (Å²) >= 11 is 6.35. The van der Waals surface area contributed by atoms with E-state index in [0.29, 0.717) is 34.2 Å². The molecule has 4 aromatic rings. The summed E-state index contributed by atoms with van der Waals surface area (Å²) in [6, 6.07) is 12.5. The van der Waals surface area contributed by atoms with Crippen molar-refractivity contribution in [2.75, 3.05) is 0 Å². The molecule has 0 unspecified atom stereocenters. The van der Waals surface area contributed by atoms with Crippen LogP contribution in [0.2, 0.25) is 5.02 Å². The molecule has 0 aliphatic heterocycles. The first-order valence-corrected chi connectivity index (χ1v) is 8.41. The maximum atomic E-state index is 12.5. The van der Waals surface area contributed by atoms with Crippen molar-refractivity contribution in [1.29, 1.82) is 0 Å². The summed E-state index contributed by atoms with van der Waals surface area (Å²) in [5.74, 6) is 1.30. The molecule has 4 rings (SSSR count). The standard InChI is InChI=1S/C19H15ClN4O2/c1-12-4-6-14(26-12)10-22-19(25)13-5-7-15(20)17(9-13)24-11-23-16-3-2-8-21-18(16)24/h2-9,11H,10H2,1H3,(H,22,25). The number of amides is 1. The normalized spacial score (nSPS) is 11.0. The number of rotatable bonds is 4. The minimum Gasteiger partial charge on any atom is -0.465 e. The van der Waals surface area contributed by atoms with Crippen LogP contribution in [0.25, 0.3) is 16.9 Å². The van der Waals surface area contributed by atoms with Crippen LogP contribution in [0.5, 0.6) is 0 Å². The lowest BCUT2D eigenvalue weighted by atomic mass is 10.2. The van der Waals surface area contributed by atoms with Crippen molar-refractivity contribution < 1.29 is 9.21 Å². The van der Waals surface area contributed by atoms with Crippen LogP contribution in [0.4, 0.5) is 0 Å². The molecule has 0 aliphatic carbocycles. The smallest absolute Gasteiger partial charge is 0.251 e. The topological polar surface area (TPSA) is 73.0 Å². The van der Waals surface area contributed by atoms with Crippen LogP contribution < -0.4 is 5.32 Å². The quantitative estimate of drug-likeness (QED) is 0.594. The summed E-state index contributed by atoms with van der Waals surface area (Å²) < 4.78 is 7.23. The third-order valence-corrected chi connectivity index (χ3v) is 4.31. The number of furan rings is 1. The van der Waals surface area contributed by atoms with Crippen LogP contribution in [0.15, 0.2) is 59.4 Å². The molecule has 6 nitrogen and oxygen atoms in total. The molecule has 3 aromatic heterocycles. The Hall–Kier alpha value is -3.12. The Labute approximate surface area is 154 Å². The Morgan fingerprint density at radius 1 is 1.23 bits per heavy atom. The van der Waals surface area contributed by atoms with Crippen LogP contribution in [0, 0.1) is 6.92 Å². The molecule has 7 heteroatoms. The van der Waals surface area contributed by atoms with Gasteiger partial charge in [0.1, 0.15) is 23.4 Å². The number of halogens is 1. The fourth-order valence-electron chi connectivity index (χ4n) is 2.71. The number of fused-ring (bicyclic) bond motifs is 1. The second kappa shape index (κ2) is 6.65. The van der Waals surface area contributed by atoms with Gasteiger partial charge in [0.25, 0.3) is 5.91 Å². The van der Waals surface area contributed by atoms with Crippen LogP contribution in [0.1, 0.15) is 21.9 Å². The number of imidazole rings is 1. The zero-order chi connectivity index (χ0) is 18.1. The van der Waals surface area contributed by atoms with Gasteiger partial charge in [0, 0.05) is 11.8 Å². The number of hydrogen-bond acceptors (Lipinski definition) is 4. The van der Waals surface area contributed by atoms with E-state index in [9.17, 15) is 4.79 Å². The monoisotopic (exact) mass is 366 g/mol. The van der Waals surface area contributed by atoms with Crippen LogP contribution in [0.3, 0.4) is 0 Å². The predicted molar refractivity (Wildman–Crippen MR) is 98.5 cm³/mol. The third-order valence-electron chi connectivity index (χ3n) is 3.99. The molecule has 0 atom stereocenters. The van der Waals surface area contributed by atoms with Crippen molar-refractivity contribution >= 4 is 28.7 Å². The average Bonchev–Trinajstić information content (AvgIpc) is 3.26. The fraction of sp³-hybridized carbons (Fsp3) is 0.105. The molecule has 1 N–H and O–H groups in total. The molecule has 0 aliphatic rings. The highest BCUT2D eigenvalue weighted by molar-refractivity contribution is 6.32. The molecule has 1 aromatic carbocycles. The van der Waals surface area contributed by atoms with Crippen LogP contribution in [-0.4, -0.2) is 20.4 Å². The van der Waals surface area contributed by atoms with Gasteiger partial charge in [-0.15, -0.1) is 0 Å². The molecule has 130 valence electrons. The average molecular weight is 367 g/mol. The van der Waals surface area contributed by atoms with E-state index < -0.39 is 0 Å². The summed E-state index contributed by atoms with van der Waals surface area (Å²) in [6.45, 7) is 2.18. The zero-order valence-corrected chi connectivity index (χ0v) is 14.7. The van der Waals surface area contributed by atoms with Crippen molar-refractivity contribution in [3.05, 3.63) is 77.1 Å². The van der Waals surface area contributed by atoms with Gasteiger partial charge in [-0.05, 0) is 49.4 Å². The summed E-state index contributed by atoms with van der Waals surface area (Å²) in [6.07, 6.45) is 3.34. The van der Waals surface area contributed by atoms with Crippen molar-refractivity contribution in [3.63, 3.8) is 0 Å². The van der Waals surface area contributed by atoms with E-state index in [2.05, 4.69) is 15.3 Å². The second-order valence-electron chi connectivity index (χ2n) is 5.82. The van der Waals surface area contributed by atoms with Gasteiger partial charge >= 0.3 is 0 Å². The van der Waals surface area contributed by atoms with E-state index in [4.69, 9.17) is 16.0 Å². The van der Waals surface area contributed by atoms with Crippen LogP contribution >= 0.6 is 11.6 Å². The Bertz CT molecular complexity index is 1100. The highest BCUT2D eigenvalue weighted by Crippen LogP contribution is 2.25. The van der Waals surface area contributed by atoms with Crippen molar-refractivity contribution in [2.45, 2.75) is 13.5 Å². The number of nitrogens with zero attached hydrogens (tertiary/aromatic N) is 3. The highest BCUT2D eigenvalue weighted by Gasteiger charge is 2.13. The van der Waals surface area contributed by atoms with Gasteiger partial charge in [-0.1, -0.05) is 11.6 Å². The van der Waals surface area contributed by atoms with E-state index in [1.54, 1.807) is 35.3 Å². The number of pyridine rings is 1. The van der Waals surface area contributed by atoms with Gasteiger partial charge < -0.3 is 9.73 Å². The SMILES string of the molecule is Cc1ccc(CNC(=O)c2ccc(Cl)c(-n3cnc4cccnc43)c2)o1. The van der Waals surface area contributed by atoms with Crippen LogP contribution in [-0.2, 0) is 6.54 Å². The number of carbonyl (C=O) groups excluding carboxylic acids is 1.